The number of carbonyl (C=O) groups is 2. The molecular weight excluding hydrogens is 288 g/mol. The number of hydrogen-bond donors (Lipinski definition) is 1. The molecule has 1 atom stereocenters. The Morgan fingerprint density at radius 3 is 2.50 bits per heavy atom. The van der Waals surface area contributed by atoms with Crippen LogP contribution in [0.2, 0.25) is 0 Å². The van der Waals surface area contributed by atoms with Crippen molar-refractivity contribution in [3.63, 3.8) is 0 Å². The Kier molecular flexibility index (Phi) is 6.37. The van der Waals surface area contributed by atoms with E-state index in [0.29, 0.717) is 12.8 Å². The molecule has 1 saturated heterocycles. The zero-order chi connectivity index (χ0) is 15.2. The van der Waals surface area contributed by atoms with Crippen LogP contribution in [-0.4, -0.2) is 57.0 Å². The van der Waals surface area contributed by atoms with E-state index in [1.54, 1.807) is 13.8 Å². The van der Waals surface area contributed by atoms with Crippen molar-refractivity contribution in [1.29, 1.82) is 0 Å². The normalized spacial score (nSPS) is 19.8. The van der Waals surface area contributed by atoms with E-state index in [2.05, 4.69) is 9.46 Å². The molecule has 0 aromatic carbocycles. The quantitative estimate of drug-likeness (QED) is 0.631. The lowest BCUT2D eigenvalue weighted by atomic mass is 10.2. The number of ether oxygens (including phenoxy) is 2. The van der Waals surface area contributed by atoms with Crippen molar-refractivity contribution in [2.75, 3.05) is 26.3 Å². The molecule has 0 radical (unpaired) electrons. The Morgan fingerprint density at radius 2 is 1.90 bits per heavy atom. The zero-order valence-electron chi connectivity index (χ0n) is 11.6. The third-order valence-corrected chi connectivity index (χ3v) is 4.34. The van der Waals surface area contributed by atoms with E-state index in [-0.39, 0.29) is 19.8 Å². The summed E-state index contributed by atoms with van der Waals surface area (Å²) < 4.78 is 36.8. The van der Waals surface area contributed by atoms with Crippen molar-refractivity contribution in [2.24, 2.45) is 0 Å². The van der Waals surface area contributed by atoms with Gasteiger partial charge in [0.25, 0.3) is 10.2 Å². The first kappa shape index (κ1) is 16.9. The van der Waals surface area contributed by atoms with Crippen molar-refractivity contribution >= 4 is 22.1 Å². The number of carbonyl (C=O) groups excluding carboxylic acids is 2. The number of nitrogens with zero attached hydrogens (tertiary/aromatic N) is 1. The molecule has 1 unspecified atom stereocenters. The van der Waals surface area contributed by atoms with E-state index in [9.17, 15) is 18.0 Å². The molecule has 0 saturated carbocycles. The summed E-state index contributed by atoms with van der Waals surface area (Å²) in [6, 6.07) is -0.824. The molecule has 1 heterocycles. The monoisotopic (exact) mass is 308 g/mol. The van der Waals surface area contributed by atoms with Gasteiger partial charge < -0.3 is 9.47 Å². The maximum absolute atomic E-state index is 12.1. The van der Waals surface area contributed by atoms with Gasteiger partial charge in [-0.05, 0) is 26.7 Å². The summed E-state index contributed by atoms with van der Waals surface area (Å²) in [4.78, 5) is 22.9. The summed E-state index contributed by atoms with van der Waals surface area (Å²) in [7, 11) is -3.90. The lowest BCUT2D eigenvalue weighted by Gasteiger charge is -2.22. The third-order valence-electron chi connectivity index (χ3n) is 2.78. The van der Waals surface area contributed by atoms with Crippen molar-refractivity contribution in [2.45, 2.75) is 32.7 Å². The van der Waals surface area contributed by atoms with Crippen LogP contribution in [0, 0.1) is 0 Å². The molecule has 0 spiro atoms. The summed E-state index contributed by atoms with van der Waals surface area (Å²) in [6.45, 7) is 3.42. The molecule has 0 aromatic heterocycles. The van der Waals surface area contributed by atoms with E-state index >= 15 is 0 Å². The molecule has 8 nitrogen and oxygen atoms in total. The van der Waals surface area contributed by atoms with Crippen LogP contribution in [0.1, 0.15) is 26.7 Å². The predicted molar refractivity (Wildman–Crippen MR) is 69.9 cm³/mol. The van der Waals surface area contributed by atoms with Crippen molar-refractivity contribution in [1.82, 2.24) is 9.03 Å². The smallest absolute Gasteiger partial charge is 0.324 e. The number of esters is 2. The first-order chi connectivity index (χ1) is 9.42. The maximum atomic E-state index is 12.1. The Hall–Kier alpha value is -1.19. The molecule has 9 heteroatoms. The van der Waals surface area contributed by atoms with Gasteiger partial charge in [-0.3, -0.25) is 9.59 Å². The van der Waals surface area contributed by atoms with E-state index in [1.807, 2.05) is 0 Å². The first-order valence-corrected chi connectivity index (χ1v) is 7.95. The largest absolute Gasteiger partial charge is 0.465 e. The average molecular weight is 308 g/mol. The molecule has 1 N–H and O–H groups in total. The molecule has 0 aliphatic carbocycles. The van der Waals surface area contributed by atoms with Crippen LogP contribution < -0.4 is 4.72 Å². The highest BCUT2D eigenvalue weighted by Gasteiger charge is 2.39. The lowest BCUT2D eigenvalue weighted by Crippen LogP contribution is -2.48. The summed E-state index contributed by atoms with van der Waals surface area (Å²) in [5, 5.41) is 0. The molecule has 1 aliphatic heterocycles. The molecular formula is C11H20N2O6S. The summed E-state index contributed by atoms with van der Waals surface area (Å²) >= 11 is 0. The number of nitrogens with one attached hydrogen (secondary N) is 1. The Bertz CT molecular complexity index is 450. The highest BCUT2D eigenvalue weighted by Crippen LogP contribution is 2.21. The Labute approximate surface area is 118 Å². The molecule has 116 valence electrons. The van der Waals surface area contributed by atoms with Crippen LogP contribution in [0.4, 0.5) is 0 Å². The van der Waals surface area contributed by atoms with Gasteiger partial charge in [0.05, 0.1) is 13.2 Å². The highest BCUT2D eigenvalue weighted by atomic mass is 32.2. The average Bonchev–Trinajstić information content (AvgIpc) is 2.87. The van der Waals surface area contributed by atoms with Crippen LogP contribution in [-0.2, 0) is 29.3 Å². The second kappa shape index (κ2) is 7.55. The third kappa shape index (κ3) is 4.43. The molecule has 20 heavy (non-hydrogen) atoms. The van der Waals surface area contributed by atoms with Gasteiger partial charge in [0, 0.05) is 6.54 Å². The van der Waals surface area contributed by atoms with E-state index in [1.165, 1.54) is 0 Å². The van der Waals surface area contributed by atoms with Crippen LogP contribution in [0.15, 0.2) is 0 Å². The molecule has 0 amide bonds. The van der Waals surface area contributed by atoms with Crippen LogP contribution >= 0.6 is 0 Å². The van der Waals surface area contributed by atoms with Crippen molar-refractivity contribution < 1.29 is 27.5 Å². The molecule has 1 fully saturated rings. The van der Waals surface area contributed by atoms with Gasteiger partial charge in [-0.25, -0.2) is 0 Å². The van der Waals surface area contributed by atoms with Crippen LogP contribution in [0.3, 0.4) is 0 Å². The van der Waals surface area contributed by atoms with E-state index < -0.39 is 34.7 Å². The van der Waals surface area contributed by atoms with Gasteiger partial charge in [-0.1, -0.05) is 0 Å². The summed E-state index contributed by atoms with van der Waals surface area (Å²) in [6.07, 6.45) is 0.989. The first-order valence-electron chi connectivity index (χ1n) is 6.51. The van der Waals surface area contributed by atoms with Gasteiger partial charge in [-0.2, -0.15) is 17.4 Å². The maximum Gasteiger partial charge on any atom is 0.324 e. The minimum Gasteiger partial charge on any atom is -0.465 e. The van der Waals surface area contributed by atoms with Crippen molar-refractivity contribution in [3.8, 4) is 0 Å². The minimum absolute atomic E-state index is 0.176. The highest BCUT2D eigenvalue weighted by molar-refractivity contribution is 7.87. The number of hydrogen-bond acceptors (Lipinski definition) is 6. The minimum atomic E-state index is -3.90. The fraction of sp³-hybridized carbons (Fsp3) is 0.818. The molecule has 0 bridgehead atoms. The van der Waals surface area contributed by atoms with Crippen LogP contribution in [0.5, 0.6) is 0 Å². The second-order valence-electron chi connectivity index (χ2n) is 4.15. The topological polar surface area (TPSA) is 102 Å². The second-order valence-corrected chi connectivity index (χ2v) is 5.86. The van der Waals surface area contributed by atoms with Gasteiger partial charge >= 0.3 is 11.9 Å². The lowest BCUT2D eigenvalue weighted by molar-refractivity contribution is -0.146. The SMILES string of the molecule is CCOC(=O)CNS(=O)(=O)N1CCCC1C(=O)OCC. The van der Waals surface area contributed by atoms with Gasteiger partial charge in [0.2, 0.25) is 0 Å². The van der Waals surface area contributed by atoms with Crippen molar-refractivity contribution in [3.05, 3.63) is 0 Å². The number of rotatable bonds is 7. The van der Waals surface area contributed by atoms with Crippen LogP contribution in [0.25, 0.3) is 0 Å². The standard InChI is InChI=1S/C11H20N2O6S/c1-3-18-10(14)8-12-20(16,17)13-7-5-6-9(13)11(15)19-4-2/h9,12H,3-8H2,1-2H3. The Balaban J connectivity index is 2.65. The fourth-order valence-electron chi connectivity index (χ4n) is 1.95. The molecule has 1 rings (SSSR count). The Morgan fingerprint density at radius 1 is 1.25 bits per heavy atom. The van der Waals surface area contributed by atoms with Gasteiger partial charge in [0.15, 0.2) is 0 Å². The predicted octanol–water partition coefficient (Wildman–Crippen LogP) is -0.589. The molecule has 1 aliphatic rings. The summed E-state index contributed by atoms with van der Waals surface area (Å²) in [5.41, 5.74) is 0. The van der Waals surface area contributed by atoms with Gasteiger partial charge in [-0.15, -0.1) is 0 Å². The zero-order valence-corrected chi connectivity index (χ0v) is 12.4. The van der Waals surface area contributed by atoms with Gasteiger partial charge in [0.1, 0.15) is 12.6 Å². The molecule has 0 aromatic rings. The fourth-order valence-corrected chi connectivity index (χ4v) is 3.31. The summed E-state index contributed by atoms with van der Waals surface area (Å²) in [5.74, 6) is -1.23. The van der Waals surface area contributed by atoms with E-state index in [4.69, 9.17) is 4.74 Å². The van der Waals surface area contributed by atoms with E-state index in [0.717, 1.165) is 4.31 Å².